The molecule has 4 unspecified atom stereocenters. The van der Waals surface area contributed by atoms with E-state index in [4.69, 9.17) is 5.73 Å². The highest BCUT2D eigenvalue weighted by atomic mass is 32.2. The predicted octanol–water partition coefficient (Wildman–Crippen LogP) is 1.53. The molecule has 0 fully saturated rings. The second-order valence-corrected chi connectivity index (χ2v) is 11.6. The van der Waals surface area contributed by atoms with E-state index in [1.165, 1.54) is 11.8 Å². The van der Waals surface area contributed by atoms with E-state index in [0.717, 1.165) is 21.8 Å². The predicted molar refractivity (Wildman–Crippen MR) is 171 cm³/mol. The molecule has 0 spiro atoms. The molecule has 2 aromatic carbocycles. The number of hydrogen-bond acceptors (Lipinski definition) is 7. The third-order valence-electron chi connectivity index (χ3n) is 7.43. The van der Waals surface area contributed by atoms with Gasteiger partial charge in [0.05, 0.1) is 12.5 Å². The topological polar surface area (TPSA) is 219 Å². The Bertz CT molecular complexity index is 1680. The van der Waals surface area contributed by atoms with Crippen molar-refractivity contribution in [1.82, 2.24) is 25.9 Å². The van der Waals surface area contributed by atoms with Gasteiger partial charge in [0.2, 0.25) is 17.7 Å². The number of benzene rings is 2. The molecule has 238 valence electrons. The van der Waals surface area contributed by atoms with Gasteiger partial charge in [-0.3, -0.25) is 19.2 Å². The zero-order valence-corrected chi connectivity index (χ0v) is 25.4. The van der Waals surface area contributed by atoms with Crippen LogP contribution in [0.5, 0.6) is 0 Å². The smallest absolute Gasteiger partial charge is 0.326 e. The molecule has 3 amide bonds. The van der Waals surface area contributed by atoms with Gasteiger partial charge in [-0.25, -0.2) is 4.79 Å². The molecule has 14 heteroatoms. The lowest BCUT2D eigenvalue weighted by molar-refractivity contribution is -0.143. The Balaban J connectivity index is 1.58. The van der Waals surface area contributed by atoms with Crippen molar-refractivity contribution in [2.75, 3.05) is 12.0 Å². The Morgan fingerprint density at radius 2 is 1.24 bits per heavy atom. The molecule has 4 rings (SSSR count). The second kappa shape index (κ2) is 15.3. The van der Waals surface area contributed by atoms with Gasteiger partial charge in [0, 0.05) is 47.0 Å². The van der Waals surface area contributed by atoms with E-state index in [2.05, 4.69) is 25.9 Å². The fourth-order valence-corrected chi connectivity index (χ4v) is 5.52. The van der Waals surface area contributed by atoms with Crippen LogP contribution in [0, 0.1) is 0 Å². The largest absolute Gasteiger partial charge is 0.481 e. The van der Waals surface area contributed by atoms with Gasteiger partial charge in [-0.15, -0.1) is 0 Å². The quantitative estimate of drug-likeness (QED) is 0.0892. The number of aromatic amines is 2. The van der Waals surface area contributed by atoms with E-state index >= 15 is 0 Å². The number of aromatic nitrogens is 2. The minimum atomic E-state index is -1.53. The van der Waals surface area contributed by atoms with Gasteiger partial charge in [0.1, 0.15) is 18.1 Å². The minimum Gasteiger partial charge on any atom is -0.481 e. The summed E-state index contributed by atoms with van der Waals surface area (Å²) in [5.41, 5.74) is 8.86. The van der Waals surface area contributed by atoms with Gasteiger partial charge >= 0.3 is 11.9 Å². The minimum absolute atomic E-state index is 0.0372. The lowest BCUT2D eigenvalue weighted by Crippen LogP contribution is -2.58. The molecular weight excluding hydrogens is 600 g/mol. The SMILES string of the molecule is CSCCC(N)C(=O)NC(CC(=O)O)C(=O)NC(Cc1c[nH]c2ccccc12)C(=O)NC(Cc1c[nH]c2ccccc12)C(=O)O. The average Bonchev–Trinajstić information content (AvgIpc) is 3.62. The van der Waals surface area contributed by atoms with Crippen molar-refractivity contribution in [3.05, 3.63) is 72.1 Å². The van der Waals surface area contributed by atoms with Crippen molar-refractivity contribution >= 4 is 63.2 Å². The maximum absolute atomic E-state index is 13.7. The van der Waals surface area contributed by atoms with Crippen LogP contribution in [-0.4, -0.2) is 86.0 Å². The second-order valence-electron chi connectivity index (χ2n) is 10.6. The maximum atomic E-state index is 13.7. The molecule has 0 radical (unpaired) electrons. The molecule has 0 bridgehead atoms. The van der Waals surface area contributed by atoms with Crippen molar-refractivity contribution in [2.45, 2.75) is 49.9 Å². The first-order valence-electron chi connectivity index (χ1n) is 14.3. The summed E-state index contributed by atoms with van der Waals surface area (Å²) in [5, 5.41) is 28.6. The first-order chi connectivity index (χ1) is 21.6. The van der Waals surface area contributed by atoms with Crippen LogP contribution in [0.3, 0.4) is 0 Å². The van der Waals surface area contributed by atoms with E-state index in [1.807, 2.05) is 54.8 Å². The summed E-state index contributed by atoms with van der Waals surface area (Å²) >= 11 is 1.48. The number of aliphatic carboxylic acids is 2. The van der Waals surface area contributed by atoms with Gasteiger partial charge in [0.15, 0.2) is 0 Å². The van der Waals surface area contributed by atoms with Crippen LogP contribution in [0.4, 0.5) is 0 Å². The highest BCUT2D eigenvalue weighted by Gasteiger charge is 2.32. The van der Waals surface area contributed by atoms with Crippen LogP contribution < -0.4 is 21.7 Å². The van der Waals surface area contributed by atoms with Crippen LogP contribution in [-0.2, 0) is 36.8 Å². The van der Waals surface area contributed by atoms with Crippen LogP contribution in [0.1, 0.15) is 24.0 Å². The maximum Gasteiger partial charge on any atom is 0.326 e. The third-order valence-corrected chi connectivity index (χ3v) is 8.07. The summed E-state index contributed by atoms with van der Waals surface area (Å²) < 4.78 is 0. The standard InChI is InChI=1S/C31H36N6O7S/c1-45-11-10-21(32)28(40)35-25(14-27(38)39)30(42)36-24(12-17-15-33-22-8-4-2-6-19(17)22)29(41)37-26(31(43)44)13-18-16-34-23-9-5-3-7-20(18)23/h2-9,15-16,21,24-26,33-34H,10-14,32H2,1H3,(H,35,40)(H,36,42)(H,37,41)(H,38,39)(H,43,44). The van der Waals surface area contributed by atoms with Gasteiger partial charge in [-0.1, -0.05) is 36.4 Å². The number of amides is 3. The third kappa shape index (κ3) is 8.64. The zero-order chi connectivity index (χ0) is 32.5. The van der Waals surface area contributed by atoms with E-state index < -0.39 is 60.2 Å². The number of hydrogen-bond donors (Lipinski definition) is 8. The molecule has 0 aliphatic heterocycles. The Morgan fingerprint density at radius 1 is 0.756 bits per heavy atom. The number of para-hydroxylation sites is 2. The summed E-state index contributed by atoms with van der Waals surface area (Å²) in [6.45, 7) is 0. The molecule has 2 heterocycles. The van der Waals surface area contributed by atoms with Gasteiger partial charge in [-0.05, 0) is 41.7 Å². The number of carboxylic acids is 2. The Labute approximate surface area is 262 Å². The number of H-pyrrole nitrogens is 2. The molecule has 2 aromatic heterocycles. The molecule has 0 saturated heterocycles. The Kier molecular flexibility index (Phi) is 11.2. The van der Waals surface area contributed by atoms with Crippen molar-refractivity contribution < 1.29 is 34.2 Å². The van der Waals surface area contributed by atoms with Crippen molar-refractivity contribution in [2.24, 2.45) is 5.73 Å². The lowest BCUT2D eigenvalue weighted by Gasteiger charge is -2.24. The summed E-state index contributed by atoms with van der Waals surface area (Å²) in [6.07, 6.45) is 4.67. The number of nitrogens with two attached hydrogens (primary N) is 1. The van der Waals surface area contributed by atoms with E-state index in [1.54, 1.807) is 12.4 Å². The Morgan fingerprint density at radius 3 is 1.78 bits per heavy atom. The monoisotopic (exact) mass is 636 g/mol. The van der Waals surface area contributed by atoms with Gasteiger partial charge in [-0.2, -0.15) is 11.8 Å². The molecule has 45 heavy (non-hydrogen) atoms. The normalized spacial score (nSPS) is 13.9. The highest BCUT2D eigenvalue weighted by Crippen LogP contribution is 2.21. The number of carbonyl (C=O) groups excluding carboxylic acids is 3. The van der Waals surface area contributed by atoms with Crippen LogP contribution in [0.25, 0.3) is 21.8 Å². The van der Waals surface area contributed by atoms with Crippen LogP contribution in [0.15, 0.2) is 60.9 Å². The molecule has 4 atom stereocenters. The summed E-state index contributed by atoms with van der Waals surface area (Å²) in [7, 11) is 0. The average molecular weight is 637 g/mol. The van der Waals surface area contributed by atoms with Crippen molar-refractivity contribution in [3.63, 3.8) is 0 Å². The molecule has 9 N–H and O–H groups in total. The van der Waals surface area contributed by atoms with Crippen molar-refractivity contribution in [3.8, 4) is 0 Å². The highest BCUT2D eigenvalue weighted by molar-refractivity contribution is 7.98. The van der Waals surface area contributed by atoms with E-state index in [0.29, 0.717) is 23.3 Å². The number of carboxylic acid groups (broad SMARTS) is 2. The number of thioether (sulfide) groups is 1. The number of carbonyl (C=O) groups is 5. The summed E-state index contributed by atoms with van der Waals surface area (Å²) in [5.74, 6) is -4.46. The fourth-order valence-electron chi connectivity index (χ4n) is 5.03. The molecule has 0 aliphatic carbocycles. The first kappa shape index (κ1) is 33.1. The van der Waals surface area contributed by atoms with Gasteiger partial charge < -0.3 is 41.9 Å². The van der Waals surface area contributed by atoms with E-state index in [-0.39, 0.29) is 12.8 Å². The zero-order valence-electron chi connectivity index (χ0n) is 24.5. The summed E-state index contributed by atoms with van der Waals surface area (Å²) in [4.78, 5) is 69.9. The van der Waals surface area contributed by atoms with Gasteiger partial charge in [0.25, 0.3) is 0 Å². The number of fused-ring (bicyclic) bond motifs is 2. The lowest BCUT2D eigenvalue weighted by atomic mass is 10.0. The van der Waals surface area contributed by atoms with Crippen molar-refractivity contribution in [1.29, 1.82) is 0 Å². The summed E-state index contributed by atoms with van der Waals surface area (Å²) in [6, 6.07) is 9.51. The molecule has 0 aliphatic rings. The molecular formula is C31H36N6O7S. The number of nitrogens with one attached hydrogen (secondary N) is 5. The molecule has 4 aromatic rings. The number of rotatable bonds is 16. The molecule has 13 nitrogen and oxygen atoms in total. The molecule has 0 saturated carbocycles. The van der Waals surface area contributed by atoms with Crippen LogP contribution in [0.2, 0.25) is 0 Å². The first-order valence-corrected chi connectivity index (χ1v) is 15.7. The Hall–Kier alpha value is -4.82. The van der Waals surface area contributed by atoms with Crippen LogP contribution >= 0.6 is 11.8 Å². The van der Waals surface area contributed by atoms with E-state index in [9.17, 15) is 34.2 Å². The fraction of sp³-hybridized carbons (Fsp3) is 0.323.